The van der Waals surface area contributed by atoms with Gasteiger partial charge in [-0.25, -0.2) is 0 Å². The highest BCUT2D eigenvalue weighted by atomic mass is 16.2. The number of carbonyl (C=O) groups is 2. The lowest BCUT2D eigenvalue weighted by Gasteiger charge is -2.66. The highest BCUT2D eigenvalue weighted by Gasteiger charge is 2.62. The van der Waals surface area contributed by atoms with Gasteiger partial charge in [-0.3, -0.25) is 9.59 Å². The number of hydrogen-bond acceptors (Lipinski definition) is 2. The lowest BCUT2D eigenvalue weighted by atomic mass is 9.38. The Kier molecular flexibility index (Phi) is 4.07. The standard InChI is InChI=1S/C27H36O2/c1-16-8-10-25(3)12-13-27(5)19(21(25)14-16)9-11-26(4)20-15-22(28)24(29)17(2)18(20)6-7-23(26)27/h6-7,15-16,19,21,23H,8-14H2,1-5H3. The molecule has 3 saturated carbocycles. The molecule has 2 nitrogen and oxygen atoms in total. The molecule has 5 aliphatic rings. The highest BCUT2D eigenvalue weighted by molar-refractivity contribution is 6.48. The second-order valence-corrected chi connectivity index (χ2v) is 11.8. The predicted molar refractivity (Wildman–Crippen MR) is 116 cm³/mol. The first-order chi connectivity index (χ1) is 13.6. The fourth-order valence-corrected chi connectivity index (χ4v) is 8.41. The number of rotatable bonds is 0. The molecule has 0 bridgehead atoms. The van der Waals surface area contributed by atoms with Crippen molar-refractivity contribution in [1.29, 1.82) is 0 Å². The number of Topliss-reactive ketones (excluding diaryl/α,β-unsaturated/α-hetero) is 1. The molecule has 7 unspecified atom stereocenters. The zero-order valence-electron chi connectivity index (χ0n) is 18.8. The quantitative estimate of drug-likeness (QED) is 0.362. The normalized spacial score (nSPS) is 49.1. The van der Waals surface area contributed by atoms with Gasteiger partial charge in [0.15, 0.2) is 0 Å². The molecule has 0 N–H and O–H groups in total. The Balaban J connectivity index is 1.59. The van der Waals surface area contributed by atoms with Gasteiger partial charge >= 0.3 is 0 Å². The van der Waals surface area contributed by atoms with Crippen LogP contribution in [-0.2, 0) is 9.59 Å². The Morgan fingerprint density at radius 2 is 1.72 bits per heavy atom. The predicted octanol–water partition coefficient (Wildman–Crippen LogP) is 6.23. The Bertz CT molecular complexity index is 888. The van der Waals surface area contributed by atoms with E-state index >= 15 is 0 Å². The van der Waals surface area contributed by atoms with Crippen molar-refractivity contribution >= 4 is 11.6 Å². The summed E-state index contributed by atoms with van der Waals surface area (Å²) in [6.07, 6.45) is 15.5. The summed E-state index contributed by atoms with van der Waals surface area (Å²) in [6.45, 7) is 11.8. The SMILES string of the molecule is CC1=C2C=CC3C(C)(CCC4C5CC(C)CCC5(C)CCC43C)C2=CC(=O)C1=O. The molecule has 5 aliphatic carbocycles. The Labute approximate surface area is 175 Å². The minimum atomic E-state index is -0.319. The average molecular weight is 393 g/mol. The third-order valence-corrected chi connectivity index (χ3v) is 10.3. The molecular weight excluding hydrogens is 356 g/mol. The van der Waals surface area contributed by atoms with E-state index in [0.717, 1.165) is 35.3 Å². The van der Waals surface area contributed by atoms with Crippen LogP contribution in [-0.4, -0.2) is 11.6 Å². The van der Waals surface area contributed by atoms with Crippen molar-refractivity contribution < 1.29 is 9.59 Å². The van der Waals surface area contributed by atoms with Gasteiger partial charge in [-0.05, 0) is 97.2 Å². The zero-order valence-corrected chi connectivity index (χ0v) is 18.8. The second-order valence-electron chi connectivity index (χ2n) is 11.8. The van der Waals surface area contributed by atoms with Gasteiger partial charge in [-0.1, -0.05) is 46.3 Å². The Hall–Kier alpha value is -1.44. The number of hydrogen-bond donors (Lipinski definition) is 0. The van der Waals surface area contributed by atoms with E-state index in [0.29, 0.717) is 16.9 Å². The summed E-state index contributed by atoms with van der Waals surface area (Å²) in [7, 11) is 0. The fraction of sp³-hybridized carbons (Fsp3) is 0.704. The largest absolute Gasteiger partial charge is 0.286 e. The molecule has 0 spiro atoms. The van der Waals surface area contributed by atoms with Crippen LogP contribution in [0.1, 0.15) is 79.6 Å². The summed E-state index contributed by atoms with van der Waals surface area (Å²) in [5.74, 6) is 2.29. The van der Waals surface area contributed by atoms with Crippen molar-refractivity contribution in [2.45, 2.75) is 79.6 Å². The van der Waals surface area contributed by atoms with Crippen LogP contribution >= 0.6 is 0 Å². The molecule has 0 heterocycles. The molecule has 0 saturated heterocycles. The maximum absolute atomic E-state index is 12.4. The third-order valence-electron chi connectivity index (χ3n) is 10.3. The van der Waals surface area contributed by atoms with Gasteiger partial charge in [0.25, 0.3) is 0 Å². The van der Waals surface area contributed by atoms with E-state index in [-0.39, 0.29) is 22.4 Å². The van der Waals surface area contributed by atoms with Crippen LogP contribution in [0, 0.1) is 39.9 Å². The minimum Gasteiger partial charge on any atom is -0.286 e. The van der Waals surface area contributed by atoms with Crippen molar-refractivity contribution in [1.82, 2.24) is 0 Å². The van der Waals surface area contributed by atoms with Crippen LogP contribution in [0.4, 0.5) is 0 Å². The first kappa shape index (κ1) is 19.5. The maximum Gasteiger partial charge on any atom is 0.229 e. The topological polar surface area (TPSA) is 34.1 Å². The molecule has 5 rings (SSSR count). The lowest BCUT2D eigenvalue weighted by molar-refractivity contribution is -0.138. The molecule has 0 aromatic rings. The summed E-state index contributed by atoms with van der Waals surface area (Å²) in [5.41, 5.74) is 3.61. The van der Waals surface area contributed by atoms with Crippen molar-refractivity contribution in [3.8, 4) is 0 Å². The molecule has 3 fully saturated rings. The summed E-state index contributed by atoms with van der Waals surface area (Å²) in [6, 6.07) is 0. The van der Waals surface area contributed by atoms with E-state index in [1.165, 1.54) is 38.5 Å². The van der Waals surface area contributed by atoms with Crippen molar-refractivity contribution in [3.05, 3.63) is 34.9 Å². The van der Waals surface area contributed by atoms with Crippen LogP contribution in [0.2, 0.25) is 0 Å². The minimum absolute atomic E-state index is 0.0268. The van der Waals surface area contributed by atoms with E-state index in [4.69, 9.17) is 0 Å². The van der Waals surface area contributed by atoms with E-state index in [1.54, 1.807) is 6.08 Å². The highest BCUT2D eigenvalue weighted by Crippen LogP contribution is 2.70. The smallest absolute Gasteiger partial charge is 0.229 e. The van der Waals surface area contributed by atoms with Gasteiger partial charge in [-0.2, -0.15) is 0 Å². The monoisotopic (exact) mass is 392 g/mol. The van der Waals surface area contributed by atoms with Crippen LogP contribution in [0.3, 0.4) is 0 Å². The molecule has 156 valence electrons. The average Bonchev–Trinajstić information content (AvgIpc) is 2.67. The summed E-state index contributed by atoms with van der Waals surface area (Å²) < 4.78 is 0. The first-order valence-corrected chi connectivity index (χ1v) is 11.8. The zero-order chi connectivity index (χ0) is 20.8. The summed E-state index contributed by atoms with van der Waals surface area (Å²) >= 11 is 0. The van der Waals surface area contributed by atoms with Crippen LogP contribution in [0.15, 0.2) is 34.9 Å². The molecule has 0 aromatic carbocycles. The van der Waals surface area contributed by atoms with E-state index in [2.05, 4.69) is 39.8 Å². The van der Waals surface area contributed by atoms with Crippen LogP contribution < -0.4 is 0 Å². The molecule has 29 heavy (non-hydrogen) atoms. The number of carbonyl (C=O) groups excluding carboxylic acids is 2. The van der Waals surface area contributed by atoms with Crippen molar-refractivity contribution in [2.24, 2.45) is 39.9 Å². The van der Waals surface area contributed by atoms with Crippen molar-refractivity contribution in [2.75, 3.05) is 0 Å². The molecule has 2 heteroatoms. The number of allylic oxidation sites excluding steroid dienone is 6. The summed E-state index contributed by atoms with van der Waals surface area (Å²) in [5, 5.41) is 0. The van der Waals surface area contributed by atoms with Gasteiger partial charge in [0.2, 0.25) is 11.6 Å². The van der Waals surface area contributed by atoms with Gasteiger partial charge < -0.3 is 0 Å². The molecular formula is C27H36O2. The number of fused-ring (bicyclic) bond motifs is 7. The van der Waals surface area contributed by atoms with E-state index in [1.807, 2.05) is 6.92 Å². The van der Waals surface area contributed by atoms with Gasteiger partial charge in [0, 0.05) is 11.0 Å². The van der Waals surface area contributed by atoms with E-state index < -0.39 is 0 Å². The van der Waals surface area contributed by atoms with E-state index in [9.17, 15) is 9.59 Å². The molecule has 7 atom stereocenters. The Morgan fingerprint density at radius 3 is 2.48 bits per heavy atom. The maximum atomic E-state index is 12.4. The van der Waals surface area contributed by atoms with Crippen LogP contribution in [0.5, 0.6) is 0 Å². The molecule has 0 aliphatic heterocycles. The molecule has 0 aromatic heterocycles. The molecule has 0 radical (unpaired) electrons. The van der Waals surface area contributed by atoms with Gasteiger partial charge in [-0.15, -0.1) is 0 Å². The molecule has 0 amide bonds. The number of ketones is 2. The van der Waals surface area contributed by atoms with Crippen molar-refractivity contribution in [3.63, 3.8) is 0 Å². The second kappa shape index (κ2) is 6.05. The first-order valence-electron chi connectivity index (χ1n) is 11.8. The fourth-order valence-electron chi connectivity index (χ4n) is 8.41. The van der Waals surface area contributed by atoms with Crippen LogP contribution in [0.25, 0.3) is 0 Å². The summed E-state index contributed by atoms with van der Waals surface area (Å²) in [4.78, 5) is 24.7. The third kappa shape index (κ3) is 2.47. The lowest BCUT2D eigenvalue weighted by Crippen LogP contribution is -2.58. The van der Waals surface area contributed by atoms with Gasteiger partial charge in [0.1, 0.15) is 0 Å². The van der Waals surface area contributed by atoms with Gasteiger partial charge in [0.05, 0.1) is 0 Å². The Morgan fingerprint density at radius 1 is 0.966 bits per heavy atom.